The first-order valence-corrected chi connectivity index (χ1v) is 9.13. The Labute approximate surface area is 141 Å². The number of thiophene rings is 1. The van der Waals surface area contributed by atoms with Gasteiger partial charge in [-0.15, -0.1) is 11.3 Å². The van der Waals surface area contributed by atoms with Gasteiger partial charge in [0.25, 0.3) is 0 Å². The fourth-order valence-electron chi connectivity index (χ4n) is 3.47. The fraction of sp³-hybridized carbons (Fsp3) is 0.300. The predicted octanol–water partition coefficient (Wildman–Crippen LogP) is 4.20. The molecule has 1 aromatic heterocycles. The third kappa shape index (κ3) is 3.05. The Bertz CT molecular complexity index is 769. The average Bonchev–Trinajstić information content (AvgIpc) is 2.99. The van der Waals surface area contributed by atoms with E-state index in [1.807, 2.05) is 11.3 Å². The first-order chi connectivity index (χ1) is 11.3. The second-order valence-corrected chi connectivity index (χ2v) is 7.40. The molecule has 0 aliphatic carbocycles. The molecule has 0 amide bonds. The van der Waals surface area contributed by atoms with Crippen LogP contribution in [0, 0.1) is 6.92 Å². The second-order valence-electron chi connectivity index (χ2n) is 6.29. The molecule has 1 aliphatic heterocycles. The van der Waals surface area contributed by atoms with E-state index >= 15 is 0 Å². The average molecular weight is 322 g/mol. The summed E-state index contributed by atoms with van der Waals surface area (Å²) in [4.78, 5) is 4.08. The van der Waals surface area contributed by atoms with Crippen molar-refractivity contribution in [2.45, 2.75) is 13.0 Å². The molecule has 1 unspecified atom stereocenters. The molecule has 0 radical (unpaired) electrons. The van der Waals surface area contributed by atoms with Gasteiger partial charge < -0.3 is 5.32 Å². The van der Waals surface area contributed by atoms with Crippen LogP contribution in [0.1, 0.15) is 22.0 Å². The molecule has 3 heteroatoms. The van der Waals surface area contributed by atoms with Crippen molar-refractivity contribution in [3.63, 3.8) is 0 Å². The highest BCUT2D eigenvalue weighted by molar-refractivity contribution is 7.19. The van der Waals surface area contributed by atoms with Crippen LogP contribution >= 0.6 is 11.3 Å². The van der Waals surface area contributed by atoms with Gasteiger partial charge in [-0.3, -0.25) is 4.90 Å². The molecule has 1 N–H and O–H groups in total. The Morgan fingerprint density at radius 2 is 1.83 bits per heavy atom. The molecule has 0 spiro atoms. The van der Waals surface area contributed by atoms with Crippen LogP contribution in [0.4, 0.5) is 0 Å². The minimum atomic E-state index is 0.370. The summed E-state index contributed by atoms with van der Waals surface area (Å²) in [6, 6.07) is 20.5. The van der Waals surface area contributed by atoms with Gasteiger partial charge in [-0.2, -0.15) is 0 Å². The molecule has 1 aliphatic rings. The quantitative estimate of drug-likeness (QED) is 0.777. The van der Waals surface area contributed by atoms with Gasteiger partial charge in [-0.1, -0.05) is 48.0 Å². The number of hydrogen-bond acceptors (Lipinski definition) is 3. The van der Waals surface area contributed by atoms with Crippen LogP contribution < -0.4 is 5.32 Å². The highest BCUT2D eigenvalue weighted by atomic mass is 32.1. The van der Waals surface area contributed by atoms with Gasteiger partial charge in [0.1, 0.15) is 0 Å². The van der Waals surface area contributed by atoms with Crippen molar-refractivity contribution in [2.24, 2.45) is 0 Å². The molecule has 23 heavy (non-hydrogen) atoms. The van der Waals surface area contributed by atoms with Gasteiger partial charge >= 0.3 is 0 Å². The van der Waals surface area contributed by atoms with Crippen molar-refractivity contribution in [2.75, 3.05) is 26.2 Å². The first kappa shape index (κ1) is 14.9. The molecule has 0 bridgehead atoms. The number of rotatable bonds is 3. The SMILES string of the molecule is Cc1cccc(C(c2cc3ccccc3s2)N2CCNCC2)c1. The van der Waals surface area contributed by atoms with Crippen molar-refractivity contribution in [1.82, 2.24) is 10.2 Å². The maximum atomic E-state index is 3.47. The van der Waals surface area contributed by atoms with Crippen LogP contribution in [0.3, 0.4) is 0 Å². The standard InChI is InChI=1S/C20H22N2S/c1-15-5-4-7-17(13-15)20(22-11-9-21-10-12-22)19-14-16-6-2-3-8-18(16)23-19/h2-8,13-14,20-21H,9-12H2,1H3. The molecule has 4 rings (SSSR count). The number of nitrogens with zero attached hydrogens (tertiary/aromatic N) is 1. The summed E-state index contributed by atoms with van der Waals surface area (Å²) in [6.07, 6.45) is 0. The zero-order chi connectivity index (χ0) is 15.6. The van der Waals surface area contributed by atoms with Crippen molar-refractivity contribution in [3.05, 3.63) is 70.6 Å². The maximum Gasteiger partial charge on any atom is 0.0697 e. The third-order valence-electron chi connectivity index (χ3n) is 4.59. The van der Waals surface area contributed by atoms with E-state index in [0.29, 0.717) is 6.04 Å². The molecule has 3 aromatic rings. The fourth-order valence-corrected chi connectivity index (χ4v) is 4.70. The molecular formula is C20H22N2S. The zero-order valence-electron chi connectivity index (χ0n) is 13.5. The lowest BCUT2D eigenvalue weighted by Gasteiger charge is -2.35. The van der Waals surface area contributed by atoms with Gasteiger partial charge in [-0.05, 0) is 30.0 Å². The summed E-state index contributed by atoms with van der Waals surface area (Å²) in [7, 11) is 0. The van der Waals surface area contributed by atoms with Crippen molar-refractivity contribution < 1.29 is 0 Å². The number of nitrogens with one attached hydrogen (secondary N) is 1. The van der Waals surface area contributed by atoms with E-state index < -0.39 is 0 Å². The van der Waals surface area contributed by atoms with Crippen molar-refractivity contribution >= 4 is 21.4 Å². The first-order valence-electron chi connectivity index (χ1n) is 8.31. The zero-order valence-corrected chi connectivity index (χ0v) is 14.3. The Morgan fingerprint density at radius 1 is 1.00 bits per heavy atom. The molecule has 1 saturated heterocycles. The van der Waals surface area contributed by atoms with Gasteiger partial charge in [0.2, 0.25) is 0 Å². The summed E-state index contributed by atoms with van der Waals surface area (Å²) in [6.45, 7) is 6.55. The summed E-state index contributed by atoms with van der Waals surface area (Å²) in [5, 5.41) is 4.83. The van der Waals surface area contributed by atoms with Crippen LogP contribution in [-0.4, -0.2) is 31.1 Å². The normalized spacial score (nSPS) is 17.4. The minimum absolute atomic E-state index is 0.370. The van der Waals surface area contributed by atoms with E-state index in [9.17, 15) is 0 Å². The monoisotopic (exact) mass is 322 g/mol. The summed E-state index contributed by atoms with van der Waals surface area (Å²) in [5.74, 6) is 0. The van der Waals surface area contributed by atoms with Gasteiger partial charge in [0, 0.05) is 35.8 Å². The van der Waals surface area contributed by atoms with Gasteiger partial charge in [0.05, 0.1) is 6.04 Å². The Morgan fingerprint density at radius 3 is 2.61 bits per heavy atom. The molecular weight excluding hydrogens is 300 g/mol. The molecule has 2 heterocycles. The number of hydrogen-bond donors (Lipinski definition) is 1. The topological polar surface area (TPSA) is 15.3 Å². The molecule has 2 aromatic carbocycles. The third-order valence-corrected chi connectivity index (χ3v) is 5.76. The summed E-state index contributed by atoms with van der Waals surface area (Å²) in [5.41, 5.74) is 2.75. The molecule has 1 fully saturated rings. The largest absolute Gasteiger partial charge is 0.314 e. The van der Waals surface area contributed by atoms with Crippen LogP contribution in [0.25, 0.3) is 10.1 Å². The van der Waals surface area contributed by atoms with Crippen LogP contribution in [0.2, 0.25) is 0 Å². The van der Waals surface area contributed by atoms with Gasteiger partial charge in [-0.25, -0.2) is 0 Å². The lowest BCUT2D eigenvalue weighted by atomic mass is 10.0. The lowest BCUT2D eigenvalue weighted by molar-refractivity contribution is 0.200. The van der Waals surface area contributed by atoms with E-state index in [4.69, 9.17) is 0 Å². The number of benzene rings is 2. The number of aryl methyl sites for hydroxylation is 1. The van der Waals surface area contributed by atoms with E-state index in [1.165, 1.54) is 26.1 Å². The highest BCUT2D eigenvalue weighted by Gasteiger charge is 2.25. The number of piperazine rings is 1. The Kier molecular flexibility index (Phi) is 4.17. The Hall–Kier alpha value is -1.68. The summed E-state index contributed by atoms with van der Waals surface area (Å²) < 4.78 is 1.38. The van der Waals surface area contributed by atoms with Crippen LogP contribution in [-0.2, 0) is 0 Å². The van der Waals surface area contributed by atoms with Crippen LogP contribution in [0.15, 0.2) is 54.6 Å². The van der Waals surface area contributed by atoms with E-state index in [2.05, 4.69) is 71.7 Å². The smallest absolute Gasteiger partial charge is 0.0697 e. The maximum absolute atomic E-state index is 3.47. The molecule has 2 nitrogen and oxygen atoms in total. The van der Waals surface area contributed by atoms with E-state index in [-0.39, 0.29) is 0 Å². The van der Waals surface area contributed by atoms with Crippen molar-refractivity contribution in [3.8, 4) is 0 Å². The van der Waals surface area contributed by atoms with Gasteiger partial charge in [0.15, 0.2) is 0 Å². The Balaban J connectivity index is 1.80. The minimum Gasteiger partial charge on any atom is -0.314 e. The lowest BCUT2D eigenvalue weighted by Crippen LogP contribution is -2.45. The predicted molar refractivity (Wildman–Crippen MR) is 99.3 cm³/mol. The summed E-state index contributed by atoms with van der Waals surface area (Å²) >= 11 is 1.94. The molecule has 0 saturated carbocycles. The number of fused-ring (bicyclic) bond motifs is 1. The van der Waals surface area contributed by atoms with Crippen LogP contribution in [0.5, 0.6) is 0 Å². The molecule has 118 valence electrons. The van der Waals surface area contributed by atoms with E-state index in [0.717, 1.165) is 26.2 Å². The van der Waals surface area contributed by atoms with Crippen molar-refractivity contribution in [1.29, 1.82) is 0 Å². The highest BCUT2D eigenvalue weighted by Crippen LogP contribution is 2.37. The second kappa shape index (κ2) is 6.44. The van der Waals surface area contributed by atoms with E-state index in [1.54, 1.807) is 0 Å². The molecule has 1 atom stereocenters.